The Labute approximate surface area is 137 Å². The Bertz CT molecular complexity index is 641. The molecule has 1 saturated heterocycles. The summed E-state index contributed by atoms with van der Waals surface area (Å²) in [7, 11) is -3.54. The monoisotopic (exact) mass is 340 g/mol. The Kier molecular flexibility index (Phi) is 5.78. The molecule has 1 N–H and O–H groups in total. The van der Waals surface area contributed by atoms with E-state index in [0.717, 1.165) is 0 Å². The van der Waals surface area contributed by atoms with Gasteiger partial charge in [-0.2, -0.15) is 4.31 Å². The molecule has 1 fully saturated rings. The van der Waals surface area contributed by atoms with E-state index < -0.39 is 10.0 Å². The van der Waals surface area contributed by atoms with Crippen LogP contribution < -0.4 is 5.32 Å². The number of rotatable bonds is 5. The van der Waals surface area contributed by atoms with Gasteiger partial charge in [0.1, 0.15) is 0 Å². The van der Waals surface area contributed by atoms with E-state index in [0.29, 0.717) is 37.7 Å². The van der Waals surface area contributed by atoms with Crippen LogP contribution in [0.5, 0.6) is 0 Å². The van der Waals surface area contributed by atoms with Crippen LogP contribution in [0.4, 0.5) is 0 Å². The van der Waals surface area contributed by atoms with Crippen LogP contribution in [0.25, 0.3) is 0 Å². The average molecular weight is 340 g/mol. The highest BCUT2D eigenvalue weighted by Gasteiger charge is 2.29. The molecule has 0 bridgehead atoms. The topological polar surface area (TPSA) is 75.7 Å². The van der Waals surface area contributed by atoms with Crippen LogP contribution in [0.2, 0.25) is 0 Å². The maximum Gasteiger partial charge on any atom is 0.251 e. The predicted molar refractivity (Wildman–Crippen MR) is 87.8 cm³/mol. The molecule has 1 heterocycles. The summed E-state index contributed by atoms with van der Waals surface area (Å²) < 4.78 is 32.0. The third kappa shape index (κ3) is 4.53. The van der Waals surface area contributed by atoms with Crippen molar-refractivity contribution in [2.45, 2.75) is 31.8 Å². The average Bonchev–Trinajstić information content (AvgIpc) is 2.52. The number of ether oxygens (including phenoxy) is 1. The van der Waals surface area contributed by atoms with E-state index in [9.17, 15) is 13.2 Å². The highest BCUT2D eigenvalue weighted by atomic mass is 32.2. The Hall–Kier alpha value is -1.44. The van der Waals surface area contributed by atoms with Gasteiger partial charge in [-0.1, -0.05) is 13.8 Å². The van der Waals surface area contributed by atoms with Crippen LogP contribution in [0.1, 0.15) is 31.1 Å². The lowest BCUT2D eigenvalue weighted by atomic mass is 10.2. The highest BCUT2D eigenvalue weighted by molar-refractivity contribution is 7.89. The van der Waals surface area contributed by atoms with Crippen LogP contribution >= 0.6 is 0 Å². The molecule has 1 aromatic carbocycles. The zero-order chi connectivity index (χ0) is 17.0. The van der Waals surface area contributed by atoms with Crippen LogP contribution in [0.3, 0.4) is 0 Å². The fourth-order valence-electron chi connectivity index (χ4n) is 2.33. The lowest BCUT2D eigenvalue weighted by Gasteiger charge is -2.30. The first kappa shape index (κ1) is 17.9. The van der Waals surface area contributed by atoms with Crippen molar-refractivity contribution in [1.82, 2.24) is 9.62 Å². The van der Waals surface area contributed by atoms with Crippen LogP contribution in [0.15, 0.2) is 29.2 Å². The smallest absolute Gasteiger partial charge is 0.251 e. The molecule has 23 heavy (non-hydrogen) atoms. The number of amides is 1. The van der Waals surface area contributed by atoms with Gasteiger partial charge in [-0.05, 0) is 37.1 Å². The maximum absolute atomic E-state index is 12.6. The third-order valence-corrected chi connectivity index (χ3v) is 5.51. The number of carbonyl (C=O) groups is 1. The van der Waals surface area contributed by atoms with Crippen molar-refractivity contribution in [3.63, 3.8) is 0 Å². The number of benzene rings is 1. The van der Waals surface area contributed by atoms with Crippen molar-refractivity contribution in [2.24, 2.45) is 5.92 Å². The largest absolute Gasteiger partial charge is 0.376 e. The summed E-state index contributed by atoms with van der Waals surface area (Å²) in [5, 5.41) is 2.81. The molecule has 1 amide bonds. The number of hydrogen-bond donors (Lipinski definition) is 1. The minimum absolute atomic E-state index is 0.111. The molecule has 1 aliphatic rings. The highest BCUT2D eigenvalue weighted by Crippen LogP contribution is 2.19. The second kappa shape index (κ2) is 7.42. The number of carbonyl (C=O) groups excluding carboxylic acids is 1. The SMILES string of the molecule is CC(C)CNC(=O)c1ccc(S(=O)(=O)N2CCOC(C)C2)cc1. The van der Waals surface area contributed by atoms with Crippen molar-refractivity contribution in [1.29, 1.82) is 0 Å². The fraction of sp³-hybridized carbons (Fsp3) is 0.562. The number of nitrogens with zero attached hydrogens (tertiary/aromatic N) is 1. The summed E-state index contributed by atoms with van der Waals surface area (Å²) in [6.07, 6.45) is -0.111. The van der Waals surface area contributed by atoms with Crippen molar-refractivity contribution >= 4 is 15.9 Å². The molecule has 1 atom stereocenters. The minimum atomic E-state index is -3.54. The van der Waals surface area contributed by atoms with Gasteiger partial charge in [0.2, 0.25) is 10.0 Å². The van der Waals surface area contributed by atoms with E-state index >= 15 is 0 Å². The molecule has 1 aromatic rings. The van der Waals surface area contributed by atoms with E-state index in [4.69, 9.17) is 4.74 Å². The Morgan fingerprint density at radius 2 is 2.00 bits per heavy atom. The van der Waals surface area contributed by atoms with E-state index in [-0.39, 0.29) is 16.9 Å². The predicted octanol–water partition coefficient (Wildman–Crippen LogP) is 1.48. The Morgan fingerprint density at radius 1 is 1.35 bits per heavy atom. The minimum Gasteiger partial charge on any atom is -0.376 e. The summed E-state index contributed by atoms with van der Waals surface area (Å²) in [6.45, 7) is 7.56. The molecular weight excluding hydrogens is 316 g/mol. The summed E-state index contributed by atoms with van der Waals surface area (Å²) in [5.74, 6) is 0.171. The van der Waals surface area contributed by atoms with Crippen LogP contribution in [-0.2, 0) is 14.8 Å². The first-order chi connectivity index (χ1) is 10.8. The quantitative estimate of drug-likeness (QED) is 0.881. The molecule has 0 aliphatic carbocycles. The Balaban J connectivity index is 2.10. The normalized spacial score (nSPS) is 19.7. The molecule has 0 spiro atoms. The standard InChI is InChI=1S/C16H24N2O4S/c1-12(2)10-17-16(19)14-4-6-15(7-5-14)23(20,21)18-8-9-22-13(3)11-18/h4-7,12-13H,8-11H2,1-3H3,(H,17,19). The van der Waals surface area contributed by atoms with Crippen LogP contribution in [-0.4, -0.2) is 51.0 Å². The van der Waals surface area contributed by atoms with Crippen LogP contribution in [0, 0.1) is 5.92 Å². The van der Waals surface area contributed by atoms with E-state index in [1.807, 2.05) is 20.8 Å². The van der Waals surface area contributed by atoms with Gasteiger partial charge in [-0.25, -0.2) is 8.42 Å². The van der Waals surface area contributed by atoms with Gasteiger partial charge in [-0.15, -0.1) is 0 Å². The summed E-state index contributed by atoms with van der Waals surface area (Å²) in [5.41, 5.74) is 0.458. The molecule has 6 nitrogen and oxygen atoms in total. The first-order valence-corrected chi connectivity index (χ1v) is 9.24. The molecule has 0 radical (unpaired) electrons. The second-order valence-corrected chi connectivity index (χ2v) is 8.11. The molecule has 0 aromatic heterocycles. The maximum atomic E-state index is 12.6. The van der Waals surface area contributed by atoms with Gasteiger partial charge in [0, 0.05) is 25.2 Å². The van der Waals surface area contributed by atoms with E-state index in [1.165, 1.54) is 16.4 Å². The van der Waals surface area contributed by atoms with Gasteiger partial charge in [0.05, 0.1) is 17.6 Å². The number of hydrogen-bond acceptors (Lipinski definition) is 4. The van der Waals surface area contributed by atoms with Gasteiger partial charge in [0.25, 0.3) is 5.91 Å². The lowest BCUT2D eigenvalue weighted by molar-refractivity contribution is 0.0102. The van der Waals surface area contributed by atoms with E-state index in [1.54, 1.807) is 12.1 Å². The molecular formula is C16H24N2O4S. The Morgan fingerprint density at radius 3 is 2.57 bits per heavy atom. The van der Waals surface area contributed by atoms with Gasteiger partial charge in [-0.3, -0.25) is 4.79 Å². The second-order valence-electron chi connectivity index (χ2n) is 6.17. The van der Waals surface area contributed by atoms with Crippen molar-refractivity contribution in [3.8, 4) is 0 Å². The number of nitrogens with one attached hydrogen (secondary N) is 1. The molecule has 0 saturated carbocycles. The van der Waals surface area contributed by atoms with E-state index in [2.05, 4.69) is 5.32 Å². The summed E-state index contributed by atoms with van der Waals surface area (Å²) in [4.78, 5) is 12.2. The number of morpholine rings is 1. The zero-order valence-corrected chi connectivity index (χ0v) is 14.6. The molecule has 1 unspecified atom stereocenters. The van der Waals surface area contributed by atoms with Crippen molar-refractivity contribution in [2.75, 3.05) is 26.2 Å². The van der Waals surface area contributed by atoms with Crippen molar-refractivity contribution in [3.05, 3.63) is 29.8 Å². The molecule has 1 aliphatic heterocycles. The third-order valence-electron chi connectivity index (χ3n) is 3.63. The first-order valence-electron chi connectivity index (χ1n) is 7.80. The fourth-order valence-corrected chi connectivity index (χ4v) is 3.83. The summed E-state index contributed by atoms with van der Waals surface area (Å²) in [6, 6.07) is 6.07. The zero-order valence-electron chi connectivity index (χ0n) is 13.8. The molecule has 7 heteroatoms. The number of sulfonamides is 1. The van der Waals surface area contributed by atoms with Crippen molar-refractivity contribution < 1.29 is 17.9 Å². The molecule has 128 valence electrons. The molecule has 2 rings (SSSR count). The lowest BCUT2D eigenvalue weighted by Crippen LogP contribution is -2.44. The van der Waals surface area contributed by atoms with Gasteiger partial charge < -0.3 is 10.1 Å². The van der Waals surface area contributed by atoms with Gasteiger partial charge in [0.15, 0.2) is 0 Å². The summed E-state index contributed by atoms with van der Waals surface area (Å²) >= 11 is 0. The van der Waals surface area contributed by atoms with Gasteiger partial charge >= 0.3 is 0 Å².